The molecule has 0 aliphatic rings. The molecule has 1 atom stereocenters. The van der Waals surface area contributed by atoms with Gasteiger partial charge in [0.15, 0.2) is 0 Å². The maximum absolute atomic E-state index is 9.94. The summed E-state index contributed by atoms with van der Waals surface area (Å²) in [5.41, 5.74) is 2.10. The number of aromatic nitrogens is 1. The van der Waals surface area contributed by atoms with Crippen LogP contribution >= 0.6 is 0 Å². The van der Waals surface area contributed by atoms with Crippen molar-refractivity contribution in [3.63, 3.8) is 0 Å². The Hall–Kier alpha value is -1.61. The molecule has 3 heteroatoms. The molecule has 0 bridgehead atoms. The molecule has 90 valence electrons. The Morgan fingerprint density at radius 1 is 1.35 bits per heavy atom. The van der Waals surface area contributed by atoms with E-state index in [1.807, 2.05) is 31.2 Å². The van der Waals surface area contributed by atoms with E-state index in [0.29, 0.717) is 12.8 Å². The number of rotatable bonds is 5. The zero-order chi connectivity index (χ0) is 12.1. The molecular weight excluding hydrogens is 214 g/mol. The summed E-state index contributed by atoms with van der Waals surface area (Å²) in [5, 5.41) is 9.94. The molecule has 0 aliphatic heterocycles. The van der Waals surface area contributed by atoms with Gasteiger partial charge < -0.3 is 9.52 Å². The van der Waals surface area contributed by atoms with E-state index in [-0.39, 0.29) is 6.10 Å². The first kappa shape index (κ1) is 11.9. The van der Waals surface area contributed by atoms with Gasteiger partial charge in [-0.15, -0.1) is 0 Å². The van der Waals surface area contributed by atoms with Crippen molar-refractivity contribution in [2.24, 2.45) is 0 Å². The quantitative estimate of drug-likeness (QED) is 0.860. The van der Waals surface area contributed by atoms with E-state index in [1.165, 1.54) is 0 Å². The van der Waals surface area contributed by atoms with Crippen LogP contribution in [0.5, 0.6) is 0 Å². The number of hydrogen-bond donors (Lipinski definition) is 1. The van der Waals surface area contributed by atoms with E-state index in [0.717, 1.165) is 23.4 Å². The minimum atomic E-state index is -0.367. The van der Waals surface area contributed by atoms with Crippen LogP contribution in [0.2, 0.25) is 0 Å². The summed E-state index contributed by atoms with van der Waals surface area (Å²) >= 11 is 0. The van der Waals surface area contributed by atoms with Gasteiger partial charge in [-0.1, -0.05) is 6.07 Å². The molecule has 0 aliphatic carbocycles. The van der Waals surface area contributed by atoms with Gasteiger partial charge in [-0.25, -0.2) is 0 Å². The Labute approximate surface area is 101 Å². The number of aliphatic hydroxyl groups is 1. The summed E-state index contributed by atoms with van der Waals surface area (Å²) in [7, 11) is 0. The lowest BCUT2D eigenvalue weighted by molar-refractivity contribution is 0.161. The van der Waals surface area contributed by atoms with Gasteiger partial charge in [0.1, 0.15) is 5.76 Å². The highest BCUT2D eigenvalue weighted by molar-refractivity contribution is 5.18. The van der Waals surface area contributed by atoms with Crippen LogP contribution in [0.15, 0.2) is 41.1 Å². The van der Waals surface area contributed by atoms with Gasteiger partial charge in [-0.3, -0.25) is 4.98 Å². The monoisotopic (exact) mass is 231 g/mol. The highest BCUT2D eigenvalue weighted by Gasteiger charge is 2.09. The molecule has 2 aromatic heterocycles. The molecule has 2 heterocycles. The van der Waals surface area contributed by atoms with Crippen LogP contribution in [0.4, 0.5) is 0 Å². The second-order valence-electron chi connectivity index (χ2n) is 4.24. The SMILES string of the molecule is Cc1cccnc1CC(O)CCc1ccco1. The fraction of sp³-hybridized carbons (Fsp3) is 0.357. The van der Waals surface area contributed by atoms with Gasteiger partial charge in [0, 0.05) is 24.7 Å². The van der Waals surface area contributed by atoms with Crippen molar-refractivity contribution in [3.05, 3.63) is 53.7 Å². The maximum Gasteiger partial charge on any atom is 0.103 e. The van der Waals surface area contributed by atoms with Crippen LogP contribution in [0.25, 0.3) is 0 Å². The molecule has 17 heavy (non-hydrogen) atoms. The minimum absolute atomic E-state index is 0.367. The van der Waals surface area contributed by atoms with Gasteiger partial charge in [0.2, 0.25) is 0 Å². The molecule has 3 nitrogen and oxygen atoms in total. The lowest BCUT2D eigenvalue weighted by Crippen LogP contribution is -2.13. The van der Waals surface area contributed by atoms with Crippen LogP contribution in [-0.2, 0) is 12.8 Å². The largest absolute Gasteiger partial charge is 0.469 e. The molecule has 0 radical (unpaired) electrons. The fourth-order valence-electron chi connectivity index (χ4n) is 1.82. The fourth-order valence-corrected chi connectivity index (χ4v) is 1.82. The first-order chi connectivity index (χ1) is 8.25. The molecule has 0 saturated carbocycles. The van der Waals surface area contributed by atoms with Crippen LogP contribution < -0.4 is 0 Å². The summed E-state index contributed by atoms with van der Waals surface area (Å²) < 4.78 is 5.23. The van der Waals surface area contributed by atoms with Gasteiger partial charge in [0.25, 0.3) is 0 Å². The predicted octanol–water partition coefficient (Wildman–Crippen LogP) is 2.52. The smallest absolute Gasteiger partial charge is 0.103 e. The molecule has 0 spiro atoms. The highest BCUT2D eigenvalue weighted by atomic mass is 16.3. The summed E-state index contributed by atoms with van der Waals surface area (Å²) in [6, 6.07) is 7.72. The summed E-state index contributed by atoms with van der Waals surface area (Å²) in [6.45, 7) is 2.02. The van der Waals surface area contributed by atoms with Crippen molar-refractivity contribution < 1.29 is 9.52 Å². The van der Waals surface area contributed by atoms with Crippen molar-refractivity contribution in [1.82, 2.24) is 4.98 Å². The lowest BCUT2D eigenvalue weighted by Gasteiger charge is -2.10. The van der Waals surface area contributed by atoms with Crippen molar-refractivity contribution in [3.8, 4) is 0 Å². The molecule has 2 rings (SSSR count). The van der Waals surface area contributed by atoms with E-state index in [1.54, 1.807) is 12.5 Å². The summed E-state index contributed by atoms with van der Waals surface area (Å²) in [5.74, 6) is 0.918. The standard InChI is InChI=1S/C14H17NO2/c1-11-4-2-8-15-14(11)10-12(16)6-7-13-5-3-9-17-13/h2-5,8-9,12,16H,6-7,10H2,1H3. The molecule has 1 N–H and O–H groups in total. The zero-order valence-electron chi connectivity index (χ0n) is 9.97. The zero-order valence-corrected chi connectivity index (χ0v) is 9.97. The number of furan rings is 1. The van der Waals surface area contributed by atoms with Gasteiger partial charge in [-0.2, -0.15) is 0 Å². The minimum Gasteiger partial charge on any atom is -0.469 e. The molecular formula is C14H17NO2. The van der Waals surface area contributed by atoms with E-state index < -0.39 is 0 Å². The molecule has 0 saturated heterocycles. The third-order valence-electron chi connectivity index (χ3n) is 2.85. The topological polar surface area (TPSA) is 46.3 Å². The predicted molar refractivity (Wildman–Crippen MR) is 65.7 cm³/mol. The third-order valence-corrected chi connectivity index (χ3v) is 2.85. The second-order valence-corrected chi connectivity index (χ2v) is 4.24. The van der Waals surface area contributed by atoms with Gasteiger partial charge >= 0.3 is 0 Å². The molecule has 0 fully saturated rings. The first-order valence-electron chi connectivity index (χ1n) is 5.86. The maximum atomic E-state index is 9.94. The van der Waals surface area contributed by atoms with Crippen LogP contribution in [-0.4, -0.2) is 16.2 Å². The normalized spacial score (nSPS) is 12.6. The van der Waals surface area contributed by atoms with E-state index in [9.17, 15) is 5.11 Å². The van der Waals surface area contributed by atoms with Crippen LogP contribution in [0, 0.1) is 6.92 Å². The lowest BCUT2D eigenvalue weighted by atomic mass is 10.0. The Kier molecular flexibility index (Phi) is 3.94. The number of pyridine rings is 1. The van der Waals surface area contributed by atoms with E-state index in [2.05, 4.69) is 4.98 Å². The summed E-state index contributed by atoms with van der Waals surface area (Å²) in [4.78, 5) is 4.28. The Morgan fingerprint density at radius 3 is 2.94 bits per heavy atom. The number of hydrogen-bond acceptors (Lipinski definition) is 3. The molecule has 2 aromatic rings. The molecule has 0 amide bonds. The van der Waals surface area contributed by atoms with Crippen LogP contribution in [0.3, 0.4) is 0 Å². The van der Waals surface area contributed by atoms with Gasteiger partial charge in [-0.05, 0) is 37.1 Å². The Balaban J connectivity index is 1.85. The molecule has 1 unspecified atom stereocenters. The Morgan fingerprint density at radius 2 is 2.24 bits per heavy atom. The van der Waals surface area contributed by atoms with Gasteiger partial charge in [0.05, 0.1) is 12.4 Å². The van der Waals surface area contributed by atoms with Crippen molar-refractivity contribution in [2.45, 2.75) is 32.3 Å². The first-order valence-corrected chi connectivity index (χ1v) is 5.86. The number of aliphatic hydroxyl groups excluding tert-OH is 1. The highest BCUT2D eigenvalue weighted by Crippen LogP contribution is 2.11. The van der Waals surface area contributed by atoms with Crippen molar-refractivity contribution in [2.75, 3.05) is 0 Å². The van der Waals surface area contributed by atoms with E-state index >= 15 is 0 Å². The summed E-state index contributed by atoms with van der Waals surface area (Å²) in [6.07, 6.45) is 5.12. The molecule has 0 aromatic carbocycles. The van der Waals surface area contributed by atoms with E-state index in [4.69, 9.17) is 4.42 Å². The van der Waals surface area contributed by atoms with Crippen molar-refractivity contribution in [1.29, 1.82) is 0 Å². The average molecular weight is 231 g/mol. The average Bonchev–Trinajstić information content (AvgIpc) is 2.82. The Bertz CT molecular complexity index is 451. The van der Waals surface area contributed by atoms with Crippen molar-refractivity contribution >= 4 is 0 Å². The van der Waals surface area contributed by atoms with Crippen LogP contribution in [0.1, 0.15) is 23.4 Å². The number of aryl methyl sites for hydroxylation is 2. The second kappa shape index (κ2) is 5.64. The third kappa shape index (κ3) is 3.43. The number of nitrogens with zero attached hydrogens (tertiary/aromatic N) is 1.